The van der Waals surface area contributed by atoms with Gasteiger partial charge in [-0.15, -0.1) is 0 Å². The summed E-state index contributed by atoms with van der Waals surface area (Å²) in [6, 6.07) is 13.9. The number of hydrogen-bond donors (Lipinski definition) is 0. The molecule has 4 heteroatoms. The molecule has 112 valence electrons. The molecule has 0 fully saturated rings. The highest BCUT2D eigenvalue weighted by atomic mass is 79.9. The molecule has 3 nitrogen and oxygen atoms in total. The van der Waals surface area contributed by atoms with Crippen LogP contribution in [0.1, 0.15) is 16.7 Å². The van der Waals surface area contributed by atoms with E-state index >= 15 is 0 Å². The molecule has 0 bridgehead atoms. The standard InChI is InChI=1S/C18H16BrNO2/c1-12-5-4-6-14(7-12)15(11-20)8-13-9-16(19)18(22-3)17(10-13)21-2/h4-10H,1-3H3. The number of rotatable bonds is 4. The second kappa shape index (κ2) is 7.15. The van der Waals surface area contributed by atoms with E-state index in [0.717, 1.165) is 21.2 Å². The van der Waals surface area contributed by atoms with E-state index in [1.54, 1.807) is 14.2 Å². The zero-order valence-electron chi connectivity index (χ0n) is 12.7. The zero-order valence-corrected chi connectivity index (χ0v) is 14.3. The van der Waals surface area contributed by atoms with E-state index in [9.17, 15) is 5.26 Å². The molecule has 0 aromatic heterocycles. The third kappa shape index (κ3) is 3.49. The summed E-state index contributed by atoms with van der Waals surface area (Å²) in [6.45, 7) is 2.01. The number of allylic oxidation sites excluding steroid dienone is 1. The summed E-state index contributed by atoms with van der Waals surface area (Å²) in [5, 5.41) is 9.44. The molecule has 2 aromatic rings. The van der Waals surface area contributed by atoms with Crippen LogP contribution in [0.3, 0.4) is 0 Å². The van der Waals surface area contributed by atoms with Crippen LogP contribution in [0.15, 0.2) is 40.9 Å². The van der Waals surface area contributed by atoms with Crippen LogP contribution in [-0.2, 0) is 0 Å². The van der Waals surface area contributed by atoms with Gasteiger partial charge in [-0.05, 0) is 52.2 Å². The van der Waals surface area contributed by atoms with Crippen molar-refractivity contribution in [2.45, 2.75) is 6.92 Å². The predicted molar refractivity (Wildman–Crippen MR) is 91.9 cm³/mol. The summed E-state index contributed by atoms with van der Waals surface area (Å²) in [5.41, 5.74) is 3.48. The van der Waals surface area contributed by atoms with Gasteiger partial charge in [-0.3, -0.25) is 0 Å². The Bertz CT molecular complexity index is 760. The van der Waals surface area contributed by atoms with Crippen molar-refractivity contribution in [3.8, 4) is 17.6 Å². The molecule has 0 heterocycles. The Morgan fingerprint density at radius 2 is 1.95 bits per heavy atom. The third-order valence-corrected chi connectivity index (χ3v) is 3.81. The van der Waals surface area contributed by atoms with Crippen LogP contribution < -0.4 is 9.47 Å². The van der Waals surface area contributed by atoms with E-state index < -0.39 is 0 Å². The fraction of sp³-hybridized carbons (Fsp3) is 0.167. The van der Waals surface area contributed by atoms with Gasteiger partial charge in [-0.2, -0.15) is 5.26 Å². The Kier molecular flexibility index (Phi) is 5.24. The van der Waals surface area contributed by atoms with E-state index in [-0.39, 0.29) is 0 Å². The third-order valence-electron chi connectivity index (χ3n) is 3.22. The summed E-state index contributed by atoms with van der Waals surface area (Å²) in [5.74, 6) is 1.25. The van der Waals surface area contributed by atoms with Gasteiger partial charge in [0.05, 0.1) is 30.3 Å². The molecule has 0 aliphatic heterocycles. The average Bonchev–Trinajstić information content (AvgIpc) is 2.51. The van der Waals surface area contributed by atoms with E-state index in [1.807, 2.05) is 49.4 Å². The SMILES string of the molecule is COc1cc(C=C(C#N)c2cccc(C)c2)cc(Br)c1OC. The largest absolute Gasteiger partial charge is 0.493 e. The number of methoxy groups -OCH3 is 2. The van der Waals surface area contributed by atoms with Crippen molar-refractivity contribution in [3.63, 3.8) is 0 Å². The zero-order chi connectivity index (χ0) is 16.1. The van der Waals surface area contributed by atoms with Gasteiger partial charge in [-0.1, -0.05) is 29.8 Å². The molecule has 0 saturated heterocycles. The molecule has 0 radical (unpaired) electrons. The molecule has 0 amide bonds. The van der Waals surface area contributed by atoms with Crippen LogP contribution >= 0.6 is 15.9 Å². The van der Waals surface area contributed by atoms with Crippen LogP contribution in [0.25, 0.3) is 11.6 Å². The summed E-state index contributed by atoms with van der Waals surface area (Å²) >= 11 is 3.46. The van der Waals surface area contributed by atoms with Crippen molar-refractivity contribution in [1.29, 1.82) is 5.26 Å². The Morgan fingerprint density at radius 3 is 2.55 bits per heavy atom. The maximum Gasteiger partial charge on any atom is 0.174 e. The number of aryl methyl sites for hydroxylation is 1. The van der Waals surface area contributed by atoms with Crippen LogP contribution in [0.2, 0.25) is 0 Å². The quantitative estimate of drug-likeness (QED) is 0.580. The number of nitriles is 1. The van der Waals surface area contributed by atoms with Crippen LogP contribution in [0.5, 0.6) is 11.5 Å². The Morgan fingerprint density at radius 1 is 1.18 bits per heavy atom. The lowest BCUT2D eigenvalue weighted by Crippen LogP contribution is -1.92. The van der Waals surface area contributed by atoms with Gasteiger partial charge in [0.25, 0.3) is 0 Å². The maximum atomic E-state index is 9.44. The van der Waals surface area contributed by atoms with E-state index in [2.05, 4.69) is 22.0 Å². The molecule has 0 spiro atoms. The normalized spacial score (nSPS) is 11.0. The highest BCUT2D eigenvalue weighted by Crippen LogP contribution is 2.37. The number of nitrogens with zero attached hydrogens (tertiary/aromatic N) is 1. The smallest absolute Gasteiger partial charge is 0.174 e. The van der Waals surface area contributed by atoms with Crippen molar-refractivity contribution >= 4 is 27.6 Å². The summed E-state index contributed by atoms with van der Waals surface area (Å²) in [6.07, 6.45) is 1.83. The molecule has 0 aliphatic carbocycles. The topological polar surface area (TPSA) is 42.2 Å². The van der Waals surface area contributed by atoms with E-state index in [1.165, 1.54) is 0 Å². The van der Waals surface area contributed by atoms with E-state index in [4.69, 9.17) is 9.47 Å². The summed E-state index contributed by atoms with van der Waals surface area (Å²) in [4.78, 5) is 0. The van der Waals surface area contributed by atoms with Gasteiger partial charge < -0.3 is 9.47 Å². The van der Waals surface area contributed by atoms with Crippen molar-refractivity contribution < 1.29 is 9.47 Å². The minimum Gasteiger partial charge on any atom is -0.493 e. The molecule has 0 saturated carbocycles. The second-order valence-electron chi connectivity index (χ2n) is 4.78. The highest BCUT2D eigenvalue weighted by Gasteiger charge is 2.10. The fourth-order valence-corrected chi connectivity index (χ4v) is 2.80. The molecular formula is C18H16BrNO2. The first-order valence-corrected chi connectivity index (χ1v) is 7.48. The Hall–Kier alpha value is -2.25. The molecule has 2 rings (SSSR count). The minimum atomic E-state index is 0.600. The van der Waals surface area contributed by atoms with Crippen LogP contribution in [-0.4, -0.2) is 14.2 Å². The lowest BCUT2D eigenvalue weighted by Gasteiger charge is -2.11. The lowest BCUT2D eigenvalue weighted by atomic mass is 10.0. The maximum absolute atomic E-state index is 9.44. The first-order chi connectivity index (χ1) is 10.6. The summed E-state index contributed by atoms with van der Waals surface area (Å²) in [7, 11) is 3.18. The first-order valence-electron chi connectivity index (χ1n) is 6.69. The van der Waals surface area contributed by atoms with Gasteiger partial charge in [0.1, 0.15) is 0 Å². The molecule has 0 atom stereocenters. The number of ether oxygens (including phenoxy) is 2. The van der Waals surface area contributed by atoms with Crippen LogP contribution in [0, 0.1) is 18.3 Å². The second-order valence-corrected chi connectivity index (χ2v) is 5.63. The Labute approximate surface area is 138 Å². The van der Waals surface area contributed by atoms with Gasteiger partial charge in [0, 0.05) is 0 Å². The monoisotopic (exact) mass is 357 g/mol. The van der Waals surface area contributed by atoms with Crippen molar-refractivity contribution in [2.75, 3.05) is 14.2 Å². The van der Waals surface area contributed by atoms with E-state index in [0.29, 0.717) is 17.1 Å². The minimum absolute atomic E-state index is 0.600. The van der Waals surface area contributed by atoms with Crippen molar-refractivity contribution in [3.05, 3.63) is 57.6 Å². The fourth-order valence-electron chi connectivity index (χ4n) is 2.18. The van der Waals surface area contributed by atoms with Gasteiger partial charge in [0.15, 0.2) is 11.5 Å². The number of halogens is 1. The van der Waals surface area contributed by atoms with Crippen molar-refractivity contribution in [1.82, 2.24) is 0 Å². The highest BCUT2D eigenvalue weighted by molar-refractivity contribution is 9.10. The number of hydrogen-bond acceptors (Lipinski definition) is 3. The molecule has 0 aliphatic rings. The van der Waals surface area contributed by atoms with Gasteiger partial charge in [-0.25, -0.2) is 0 Å². The molecule has 0 unspecified atom stereocenters. The molecule has 0 N–H and O–H groups in total. The molecule has 2 aromatic carbocycles. The summed E-state index contributed by atoms with van der Waals surface area (Å²) < 4.78 is 11.4. The van der Waals surface area contributed by atoms with Gasteiger partial charge in [0.2, 0.25) is 0 Å². The Balaban J connectivity index is 2.51. The number of benzene rings is 2. The van der Waals surface area contributed by atoms with Crippen molar-refractivity contribution in [2.24, 2.45) is 0 Å². The van der Waals surface area contributed by atoms with Gasteiger partial charge >= 0.3 is 0 Å². The molecular weight excluding hydrogens is 342 g/mol. The average molecular weight is 358 g/mol. The lowest BCUT2D eigenvalue weighted by molar-refractivity contribution is 0.353. The first kappa shape index (κ1) is 16.1. The predicted octanol–water partition coefficient (Wildman–Crippen LogP) is 4.84. The van der Waals surface area contributed by atoms with Crippen LogP contribution in [0.4, 0.5) is 0 Å². The molecule has 22 heavy (non-hydrogen) atoms.